The highest BCUT2D eigenvalue weighted by Gasteiger charge is 2.15. The quantitative estimate of drug-likeness (QED) is 0.726. The summed E-state index contributed by atoms with van der Waals surface area (Å²) in [5, 5.41) is 0. The summed E-state index contributed by atoms with van der Waals surface area (Å²) >= 11 is 0. The van der Waals surface area contributed by atoms with Gasteiger partial charge in [-0.25, -0.2) is 13.2 Å². The molecule has 0 aromatic heterocycles. The van der Waals surface area contributed by atoms with Crippen LogP contribution in [0.3, 0.4) is 0 Å². The topological polar surface area (TPSA) is 26.3 Å². The van der Waals surface area contributed by atoms with Crippen LogP contribution in [0, 0.1) is 5.82 Å². The SMILES string of the molecule is CC(=O)c1cccc(F)c1OCC(F)F. The van der Waals surface area contributed by atoms with Crippen LogP contribution in [0.25, 0.3) is 0 Å². The number of benzene rings is 1. The van der Waals surface area contributed by atoms with E-state index in [1.54, 1.807) is 0 Å². The van der Waals surface area contributed by atoms with Crippen molar-refractivity contribution in [2.45, 2.75) is 13.3 Å². The van der Waals surface area contributed by atoms with E-state index in [0.29, 0.717) is 0 Å². The number of halogens is 3. The van der Waals surface area contributed by atoms with Gasteiger partial charge in [0.15, 0.2) is 17.3 Å². The minimum Gasteiger partial charge on any atom is -0.484 e. The maximum absolute atomic E-state index is 13.1. The molecule has 15 heavy (non-hydrogen) atoms. The molecule has 1 aromatic carbocycles. The fourth-order valence-corrected chi connectivity index (χ4v) is 1.08. The molecule has 82 valence electrons. The molecule has 0 fully saturated rings. The predicted octanol–water partition coefficient (Wildman–Crippen LogP) is 2.67. The molecule has 0 radical (unpaired) electrons. The van der Waals surface area contributed by atoms with Crippen molar-refractivity contribution >= 4 is 5.78 Å². The van der Waals surface area contributed by atoms with E-state index in [0.717, 1.165) is 6.07 Å². The first kappa shape index (κ1) is 11.6. The molecule has 0 aliphatic rings. The molecule has 0 atom stereocenters. The van der Waals surface area contributed by atoms with E-state index in [-0.39, 0.29) is 5.56 Å². The summed E-state index contributed by atoms with van der Waals surface area (Å²) in [5.41, 5.74) is -0.0318. The van der Waals surface area contributed by atoms with Crippen LogP contribution in [0.4, 0.5) is 13.2 Å². The van der Waals surface area contributed by atoms with Gasteiger partial charge in [-0.05, 0) is 19.1 Å². The molecule has 0 saturated carbocycles. The van der Waals surface area contributed by atoms with Crippen LogP contribution in [-0.4, -0.2) is 18.8 Å². The third kappa shape index (κ3) is 2.97. The second-order valence-corrected chi connectivity index (χ2v) is 2.87. The van der Waals surface area contributed by atoms with Crippen molar-refractivity contribution in [3.63, 3.8) is 0 Å². The Balaban J connectivity index is 2.97. The Morgan fingerprint density at radius 2 is 2.13 bits per heavy atom. The van der Waals surface area contributed by atoms with E-state index < -0.39 is 30.4 Å². The summed E-state index contributed by atoms with van der Waals surface area (Å²) in [4.78, 5) is 11.0. The number of ketones is 1. The fraction of sp³-hybridized carbons (Fsp3) is 0.300. The lowest BCUT2D eigenvalue weighted by Gasteiger charge is -2.09. The number of carbonyl (C=O) groups is 1. The molecule has 1 aromatic rings. The van der Waals surface area contributed by atoms with Crippen molar-refractivity contribution in [1.29, 1.82) is 0 Å². The Kier molecular flexibility index (Phi) is 3.71. The molecule has 0 aliphatic heterocycles. The van der Waals surface area contributed by atoms with Gasteiger partial charge in [0, 0.05) is 0 Å². The van der Waals surface area contributed by atoms with E-state index in [9.17, 15) is 18.0 Å². The summed E-state index contributed by atoms with van der Waals surface area (Å²) in [7, 11) is 0. The number of hydrogen-bond donors (Lipinski definition) is 0. The van der Waals surface area contributed by atoms with Crippen LogP contribution in [0.15, 0.2) is 18.2 Å². The Morgan fingerprint density at radius 3 is 2.67 bits per heavy atom. The lowest BCUT2D eigenvalue weighted by molar-refractivity contribution is 0.0782. The minimum absolute atomic E-state index is 0.0318. The minimum atomic E-state index is -2.70. The van der Waals surface area contributed by atoms with Gasteiger partial charge in [-0.2, -0.15) is 0 Å². The van der Waals surface area contributed by atoms with Gasteiger partial charge in [-0.15, -0.1) is 0 Å². The number of ether oxygens (including phenoxy) is 1. The molecule has 0 bridgehead atoms. The van der Waals surface area contributed by atoms with Gasteiger partial charge in [0.25, 0.3) is 6.43 Å². The van der Waals surface area contributed by atoms with Crippen LogP contribution in [-0.2, 0) is 0 Å². The highest BCUT2D eigenvalue weighted by atomic mass is 19.3. The van der Waals surface area contributed by atoms with E-state index in [1.807, 2.05) is 0 Å². The molecule has 5 heteroatoms. The Morgan fingerprint density at radius 1 is 1.47 bits per heavy atom. The van der Waals surface area contributed by atoms with Crippen LogP contribution in [0.1, 0.15) is 17.3 Å². The first-order chi connectivity index (χ1) is 7.02. The van der Waals surface area contributed by atoms with E-state index >= 15 is 0 Å². The maximum Gasteiger partial charge on any atom is 0.272 e. The first-order valence-electron chi connectivity index (χ1n) is 4.22. The third-order valence-electron chi connectivity index (χ3n) is 1.70. The Bertz CT molecular complexity index is 364. The molecular weight excluding hydrogens is 209 g/mol. The number of carbonyl (C=O) groups excluding carboxylic acids is 1. The van der Waals surface area contributed by atoms with E-state index in [4.69, 9.17) is 0 Å². The van der Waals surface area contributed by atoms with Crippen molar-refractivity contribution in [3.05, 3.63) is 29.6 Å². The summed E-state index contributed by atoms with van der Waals surface area (Å²) in [6, 6.07) is 3.70. The van der Waals surface area contributed by atoms with E-state index in [2.05, 4.69) is 4.74 Å². The fourth-order valence-electron chi connectivity index (χ4n) is 1.08. The molecular formula is C10H9F3O2. The largest absolute Gasteiger partial charge is 0.484 e. The van der Waals surface area contributed by atoms with E-state index in [1.165, 1.54) is 19.1 Å². The monoisotopic (exact) mass is 218 g/mol. The van der Waals surface area contributed by atoms with Gasteiger partial charge >= 0.3 is 0 Å². The molecule has 0 unspecified atom stereocenters. The van der Waals surface area contributed by atoms with Crippen molar-refractivity contribution in [2.75, 3.05) is 6.61 Å². The zero-order valence-corrected chi connectivity index (χ0v) is 7.97. The van der Waals surface area contributed by atoms with Gasteiger partial charge in [-0.1, -0.05) is 6.07 Å². The second kappa shape index (κ2) is 4.82. The molecule has 1 rings (SSSR count). The van der Waals surface area contributed by atoms with Crippen molar-refractivity contribution in [1.82, 2.24) is 0 Å². The predicted molar refractivity (Wildman–Crippen MR) is 47.9 cm³/mol. The third-order valence-corrected chi connectivity index (χ3v) is 1.70. The van der Waals surface area contributed by atoms with Gasteiger partial charge in [-0.3, -0.25) is 4.79 Å². The summed E-state index contributed by atoms with van der Waals surface area (Å²) in [6.07, 6.45) is -2.70. The maximum atomic E-state index is 13.1. The summed E-state index contributed by atoms with van der Waals surface area (Å²) in [6.45, 7) is 0.283. The number of alkyl halides is 2. The molecule has 0 amide bonds. The lowest BCUT2D eigenvalue weighted by Crippen LogP contribution is -2.10. The van der Waals surface area contributed by atoms with Crippen molar-refractivity contribution in [3.8, 4) is 5.75 Å². The normalized spacial score (nSPS) is 10.5. The lowest BCUT2D eigenvalue weighted by atomic mass is 10.1. The van der Waals surface area contributed by atoms with Gasteiger partial charge in [0.2, 0.25) is 0 Å². The van der Waals surface area contributed by atoms with Gasteiger partial charge < -0.3 is 4.74 Å². The van der Waals surface area contributed by atoms with Crippen LogP contribution in [0.2, 0.25) is 0 Å². The summed E-state index contributed by atoms with van der Waals surface area (Å²) in [5.74, 6) is -1.66. The molecule has 0 N–H and O–H groups in total. The number of rotatable bonds is 4. The average molecular weight is 218 g/mol. The molecule has 0 spiro atoms. The zero-order valence-electron chi connectivity index (χ0n) is 7.97. The molecule has 0 saturated heterocycles. The van der Waals surface area contributed by atoms with Crippen molar-refractivity contribution < 1.29 is 22.7 Å². The number of para-hydroxylation sites is 1. The van der Waals surface area contributed by atoms with Crippen LogP contribution in [0.5, 0.6) is 5.75 Å². The zero-order chi connectivity index (χ0) is 11.4. The van der Waals surface area contributed by atoms with Crippen molar-refractivity contribution in [2.24, 2.45) is 0 Å². The van der Waals surface area contributed by atoms with Crippen LogP contribution < -0.4 is 4.74 Å². The number of hydrogen-bond acceptors (Lipinski definition) is 2. The standard InChI is InChI=1S/C10H9F3O2/c1-6(14)7-3-2-4-8(11)10(7)15-5-9(12)13/h2-4,9H,5H2,1H3. The highest BCUT2D eigenvalue weighted by Crippen LogP contribution is 2.23. The summed E-state index contributed by atoms with van der Waals surface area (Å²) < 4.78 is 41.4. The number of Topliss-reactive ketones (excluding diaryl/α,β-unsaturated/α-hetero) is 1. The second-order valence-electron chi connectivity index (χ2n) is 2.87. The van der Waals surface area contributed by atoms with Crippen LogP contribution >= 0.6 is 0 Å². The smallest absolute Gasteiger partial charge is 0.272 e. The first-order valence-corrected chi connectivity index (χ1v) is 4.22. The molecule has 2 nitrogen and oxygen atoms in total. The molecule has 0 aliphatic carbocycles. The molecule has 0 heterocycles. The van der Waals surface area contributed by atoms with Gasteiger partial charge in [0.05, 0.1) is 5.56 Å². The Labute approximate surface area is 84.7 Å². The Hall–Kier alpha value is -1.52. The average Bonchev–Trinajstić information content (AvgIpc) is 2.15. The highest BCUT2D eigenvalue weighted by molar-refractivity contribution is 5.96. The van der Waals surface area contributed by atoms with Gasteiger partial charge in [0.1, 0.15) is 6.61 Å².